The maximum atomic E-state index is 13.1. The molecule has 0 aromatic heterocycles. The molecular formula is C20H22O6. The van der Waals surface area contributed by atoms with Crippen molar-refractivity contribution in [3.63, 3.8) is 0 Å². The van der Waals surface area contributed by atoms with Gasteiger partial charge in [0.1, 0.15) is 0 Å². The molecule has 0 saturated heterocycles. The fourth-order valence-electron chi connectivity index (χ4n) is 3.27. The van der Waals surface area contributed by atoms with Crippen molar-refractivity contribution in [2.45, 2.75) is 25.4 Å². The maximum Gasteiger partial charge on any atom is 0.172 e. The van der Waals surface area contributed by atoms with Gasteiger partial charge in [0.15, 0.2) is 28.8 Å². The van der Waals surface area contributed by atoms with Crippen LogP contribution in [-0.4, -0.2) is 36.8 Å². The van der Waals surface area contributed by atoms with E-state index in [9.17, 15) is 15.0 Å². The number of ether oxygens (including phenoxy) is 3. The molecule has 1 atom stereocenters. The number of Topliss-reactive ketones (excluding diaryl/α,β-unsaturated/α-hetero) is 1. The fourth-order valence-corrected chi connectivity index (χ4v) is 3.27. The molecule has 138 valence electrons. The van der Waals surface area contributed by atoms with Crippen molar-refractivity contribution in [3.05, 3.63) is 47.0 Å². The van der Waals surface area contributed by atoms with Gasteiger partial charge in [-0.1, -0.05) is 0 Å². The number of carbonyl (C=O) groups is 1. The quantitative estimate of drug-likeness (QED) is 0.816. The molecule has 0 saturated carbocycles. The van der Waals surface area contributed by atoms with Gasteiger partial charge in [-0.3, -0.25) is 4.79 Å². The van der Waals surface area contributed by atoms with Crippen molar-refractivity contribution >= 4 is 5.78 Å². The van der Waals surface area contributed by atoms with E-state index in [1.54, 1.807) is 18.2 Å². The zero-order valence-electron chi connectivity index (χ0n) is 15.2. The highest BCUT2D eigenvalue weighted by Gasteiger charge is 2.38. The Bertz CT molecular complexity index is 856. The molecule has 1 aliphatic rings. The first-order valence-electron chi connectivity index (χ1n) is 8.25. The van der Waals surface area contributed by atoms with Gasteiger partial charge in [-0.25, -0.2) is 0 Å². The van der Waals surface area contributed by atoms with E-state index in [0.717, 1.165) is 11.1 Å². The lowest BCUT2D eigenvalue weighted by Crippen LogP contribution is -2.35. The number of carbonyl (C=O) groups excluding carboxylic acids is 1. The van der Waals surface area contributed by atoms with E-state index in [2.05, 4.69) is 0 Å². The molecule has 2 N–H and O–H groups in total. The van der Waals surface area contributed by atoms with Crippen LogP contribution in [0, 0.1) is 0 Å². The van der Waals surface area contributed by atoms with Crippen LogP contribution in [0.3, 0.4) is 0 Å². The van der Waals surface area contributed by atoms with Crippen LogP contribution in [0.25, 0.3) is 0 Å². The topological polar surface area (TPSA) is 85.2 Å². The minimum Gasteiger partial charge on any atom is -0.504 e. The third-order valence-electron chi connectivity index (χ3n) is 4.77. The second-order valence-electron chi connectivity index (χ2n) is 6.74. The van der Waals surface area contributed by atoms with Crippen molar-refractivity contribution < 1.29 is 29.2 Å². The van der Waals surface area contributed by atoms with Crippen LogP contribution in [0.2, 0.25) is 0 Å². The molecule has 1 heterocycles. The van der Waals surface area contributed by atoms with Crippen LogP contribution in [0.5, 0.6) is 23.0 Å². The fraction of sp³-hybridized carbons (Fsp3) is 0.350. The average molecular weight is 358 g/mol. The molecule has 26 heavy (non-hydrogen) atoms. The summed E-state index contributed by atoms with van der Waals surface area (Å²) in [6.07, 6.45) is 0. The van der Waals surface area contributed by atoms with E-state index in [1.165, 1.54) is 26.4 Å². The van der Waals surface area contributed by atoms with Crippen LogP contribution in [0.4, 0.5) is 0 Å². The predicted molar refractivity (Wildman–Crippen MR) is 95.4 cm³/mol. The highest BCUT2D eigenvalue weighted by molar-refractivity contribution is 6.02. The normalized spacial score (nSPS) is 18.1. The highest BCUT2D eigenvalue weighted by atomic mass is 16.5. The summed E-state index contributed by atoms with van der Waals surface area (Å²) < 4.78 is 16.2. The van der Waals surface area contributed by atoms with Crippen molar-refractivity contribution in [2.24, 2.45) is 0 Å². The third kappa shape index (κ3) is 2.97. The van der Waals surface area contributed by atoms with E-state index >= 15 is 0 Å². The second-order valence-corrected chi connectivity index (χ2v) is 6.74. The lowest BCUT2D eigenvalue weighted by Gasteiger charge is -2.37. The SMILES string of the molecule is COc1cc(C(=O)C2COC(C)(C)c3cc(O)c(OC)cc32)ccc1O. The van der Waals surface area contributed by atoms with Gasteiger partial charge >= 0.3 is 0 Å². The van der Waals surface area contributed by atoms with Gasteiger partial charge in [-0.15, -0.1) is 0 Å². The summed E-state index contributed by atoms with van der Waals surface area (Å²) in [4.78, 5) is 13.1. The molecule has 0 spiro atoms. The maximum absolute atomic E-state index is 13.1. The van der Waals surface area contributed by atoms with E-state index in [1.807, 2.05) is 13.8 Å². The van der Waals surface area contributed by atoms with Gasteiger partial charge in [0.2, 0.25) is 0 Å². The summed E-state index contributed by atoms with van der Waals surface area (Å²) in [5.41, 5.74) is 1.27. The minimum atomic E-state index is -0.636. The molecule has 2 aromatic rings. The van der Waals surface area contributed by atoms with E-state index in [4.69, 9.17) is 14.2 Å². The van der Waals surface area contributed by atoms with Gasteiger partial charge in [-0.05, 0) is 55.3 Å². The molecule has 0 bridgehead atoms. The first-order chi connectivity index (χ1) is 12.3. The molecule has 1 aliphatic heterocycles. The number of methoxy groups -OCH3 is 2. The predicted octanol–water partition coefficient (Wildman–Crippen LogP) is 3.35. The number of ketones is 1. The van der Waals surface area contributed by atoms with Crippen molar-refractivity contribution in [1.82, 2.24) is 0 Å². The lowest BCUT2D eigenvalue weighted by atomic mass is 9.80. The standard InChI is InChI=1S/C20H22O6/c1-20(2)14-9-16(22)18(25-4)8-12(14)13(10-26-20)19(23)11-5-6-15(21)17(7-11)24-3/h5-9,13,21-22H,10H2,1-4H3. The number of benzene rings is 2. The smallest absolute Gasteiger partial charge is 0.172 e. The highest BCUT2D eigenvalue weighted by Crippen LogP contribution is 2.44. The molecule has 1 unspecified atom stereocenters. The Balaban J connectivity index is 2.08. The molecule has 6 heteroatoms. The molecule has 2 aromatic carbocycles. The summed E-state index contributed by atoms with van der Waals surface area (Å²) >= 11 is 0. The number of phenols is 2. The van der Waals surface area contributed by atoms with Crippen LogP contribution < -0.4 is 9.47 Å². The number of hydrogen-bond donors (Lipinski definition) is 2. The van der Waals surface area contributed by atoms with Gasteiger partial charge in [0.25, 0.3) is 0 Å². The van der Waals surface area contributed by atoms with Crippen LogP contribution in [-0.2, 0) is 10.3 Å². The van der Waals surface area contributed by atoms with Crippen LogP contribution in [0.1, 0.15) is 41.3 Å². The Morgan fingerprint density at radius 3 is 2.38 bits per heavy atom. The average Bonchev–Trinajstić information content (AvgIpc) is 2.62. The number of fused-ring (bicyclic) bond motifs is 1. The summed E-state index contributed by atoms with van der Waals surface area (Å²) in [6.45, 7) is 3.99. The summed E-state index contributed by atoms with van der Waals surface area (Å²) in [6, 6.07) is 7.77. The Hall–Kier alpha value is -2.73. The van der Waals surface area contributed by atoms with E-state index in [-0.39, 0.29) is 29.6 Å². The lowest BCUT2D eigenvalue weighted by molar-refractivity contribution is -0.0393. The van der Waals surface area contributed by atoms with E-state index in [0.29, 0.717) is 11.3 Å². The van der Waals surface area contributed by atoms with Gasteiger partial charge in [0.05, 0.1) is 32.3 Å². The molecule has 0 amide bonds. The number of aromatic hydroxyl groups is 2. The summed E-state index contributed by atoms with van der Waals surface area (Å²) in [5, 5.41) is 19.9. The number of phenolic OH excluding ortho intramolecular Hbond substituents is 2. The Labute approximate surface area is 151 Å². The largest absolute Gasteiger partial charge is 0.504 e. The zero-order valence-corrected chi connectivity index (χ0v) is 15.2. The molecule has 0 fully saturated rings. The molecule has 6 nitrogen and oxygen atoms in total. The van der Waals surface area contributed by atoms with E-state index < -0.39 is 11.5 Å². The zero-order chi connectivity index (χ0) is 19.1. The van der Waals surface area contributed by atoms with Crippen LogP contribution >= 0.6 is 0 Å². The Kier molecular flexibility index (Phi) is 4.54. The molecule has 0 aliphatic carbocycles. The number of hydrogen-bond acceptors (Lipinski definition) is 6. The van der Waals surface area contributed by atoms with Crippen molar-refractivity contribution in [2.75, 3.05) is 20.8 Å². The molecule has 0 radical (unpaired) electrons. The Morgan fingerprint density at radius 2 is 1.73 bits per heavy atom. The third-order valence-corrected chi connectivity index (χ3v) is 4.77. The summed E-state index contributed by atoms with van der Waals surface area (Å²) in [7, 11) is 2.89. The molecule has 3 rings (SSSR count). The second kappa shape index (κ2) is 6.53. The van der Waals surface area contributed by atoms with Crippen molar-refractivity contribution in [3.8, 4) is 23.0 Å². The van der Waals surface area contributed by atoms with Crippen molar-refractivity contribution in [1.29, 1.82) is 0 Å². The monoisotopic (exact) mass is 358 g/mol. The summed E-state index contributed by atoms with van der Waals surface area (Å²) in [5.74, 6) is -0.201. The minimum absolute atomic E-state index is 0.00215. The van der Waals surface area contributed by atoms with Gasteiger partial charge < -0.3 is 24.4 Å². The van der Waals surface area contributed by atoms with Gasteiger partial charge in [-0.2, -0.15) is 0 Å². The molecular weight excluding hydrogens is 336 g/mol. The first kappa shape index (κ1) is 18.1. The Morgan fingerprint density at radius 1 is 1.08 bits per heavy atom. The van der Waals surface area contributed by atoms with Crippen LogP contribution in [0.15, 0.2) is 30.3 Å². The number of rotatable bonds is 4. The first-order valence-corrected chi connectivity index (χ1v) is 8.25. The van der Waals surface area contributed by atoms with Gasteiger partial charge in [0, 0.05) is 5.56 Å².